The summed E-state index contributed by atoms with van der Waals surface area (Å²) >= 11 is 0. The van der Waals surface area contributed by atoms with E-state index in [2.05, 4.69) is 22.2 Å². The Bertz CT molecular complexity index is 357. The minimum absolute atomic E-state index is 0.461. The minimum atomic E-state index is 0.461. The SMILES string of the molecule is CCCCCCCCNc1ncnc(OCC)c1N. The lowest BCUT2D eigenvalue weighted by molar-refractivity contribution is 0.328. The van der Waals surface area contributed by atoms with E-state index in [-0.39, 0.29) is 0 Å². The largest absolute Gasteiger partial charge is 0.476 e. The molecule has 5 heteroatoms. The summed E-state index contributed by atoms with van der Waals surface area (Å²) in [5.41, 5.74) is 6.43. The first kappa shape index (κ1) is 15.5. The van der Waals surface area contributed by atoms with Gasteiger partial charge in [-0.1, -0.05) is 39.0 Å². The van der Waals surface area contributed by atoms with E-state index in [9.17, 15) is 0 Å². The van der Waals surface area contributed by atoms with Crippen LogP contribution in [0.2, 0.25) is 0 Å². The average molecular weight is 266 g/mol. The lowest BCUT2D eigenvalue weighted by Crippen LogP contribution is -2.09. The van der Waals surface area contributed by atoms with Crippen molar-refractivity contribution in [1.29, 1.82) is 0 Å². The number of aromatic nitrogens is 2. The number of anilines is 2. The Hall–Kier alpha value is -1.52. The highest BCUT2D eigenvalue weighted by Gasteiger charge is 2.07. The van der Waals surface area contributed by atoms with Gasteiger partial charge in [0.2, 0.25) is 5.88 Å². The van der Waals surface area contributed by atoms with Crippen molar-refractivity contribution in [3.63, 3.8) is 0 Å². The van der Waals surface area contributed by atoms with E-state index in [4.69, 9.17) is 10.5 Å². The highest BCUT2D eigenvalue weighted by Crippen LogP contribution is 2.24. The molecule has 0 aliphatic rings. The molecule has 108 valence electrons. The number of hydrogen-bond donors (Lipinski definition) is 2. The van der Waals surface area contributed by atoms with Crippen molar-refractivity contribution < 1.29 is 4.74 Å². The fraction of sp³-hybridized carbons (Fsp3) is 0.714. The van der Waals surface area contributed by atoms with E-state index in [1.165, 1.54) is 38.4 Å². The van der Waals surface area contributed by atoms with Gasteiger partial charge in [-0.3, -0.25) is 0 Å². The molecule has 0 saturated heterocycles. The summed E-state index contributed by atoms with van der Waals surface area (Å²) < 4.78 is 5.33. The van der Waals surface area contributed by atoms with Crippen LogP contribution in [0.5, 0.6) is 5.88 Å². The first-order chi connectivity index (χ1) is 9.29. The molecular formula is C14H26N4O. The molecule has 0 aliphatic heterocycles. The highest BCUT2D eigenvalue weighted by atomic mass is 16.5. The molecule has 1 aromatic heterocycles. The molecule has 5 nitrogen and oxygen atoms in total. The Morgan fingerprint density at radius 3 is 2.58 bits per heavy atom. The van der Waals surface area contributed by atoms with Gasteiger partial charge in [0.25, 0.3) is 0 Å². The van der Waals surface area contributed by atoms with Crippen molar-refractivity contribution in [2.75, 3.05) is 24.2 Å². The summed E-state index contributed by atoms with van der Waals surface area (Å²) in [5.74, 6) is 1.13. The summed E-state index contributed by atoms with van der Waals surface area (Å²) in [6.45, 7) is 5.58. The summed E-state index contributed by atoms with van der Waals surface area (Å²) in [4.78, 5) is 8.15. The molecule has 0 aromatic carbocycles. The van der Waals surface area contributed by atoms with E-state index < -0.39 is 0 Å². The van der Waals surface area contributed by atoms with Gasteiger partial charge in [0.15, 0.2) is 5.82 Å². The van der Waals surface area contributed by atoms with Gasteiger partial charge >= 0.3 is 0 Å². The van der Waals surface area contributed by atoms with Crippen LogP contribution in [0.15, 0.2) is 6.33 Å². The smallest absolute Gasteiger partial charge is 0.242 e. The molecule has 1 rings (SSSR count). The monoisotopic (exact) mass is 266 g/mol. The summed E-state index contributed by atoms with van der Waals surface area (Å²) in [6, 6.07) is 0. The van der Waals surface area contributed by atoms with Crippen molar-refractivity contribution >= 4 is 11.5 Å². The van der Waals surface area contributed by atoms with Crippen LogP contribution in [0.25, 0.3) is 0 Å². The second-order valence-electron chi connectivity index (χ2n) is 4.57. The molecular weight excluding hydrogens is 240 g/mol. The van der Waals surface area contributed by atoms with Gasteiger partial charge in [-0.2, -0.15) is 4.98 Å². The number of rotatable bonds is 10. The molecule has 0 aliphatic carbocycles. The standard InChI is InChI=1S/C14H26N4O/c1-3-5-6-7-8-9-10-16-13-12(15)14(19-4-2)18-11-17-13/h11H,3-10,15H2,1-2H3,(H,16,17,18). The second-order valence-corrected chi connectivity index (χ2v) is 4.57. The van der Waals surface area contributed by atoms with Gasteiger partial charge in [-0.25, -0.2) is 4.98 Å². The minimum Gasteiger partial charge on any atom is -0.476 e. The van der Waals surface area contributed by atoms with E-state index in [1.807, 2.05) is 6.92 Å². The van der Waals surface area contributed by atoms with Crippen molar-refractivity contribution in [3.8, 4) is 5.88 Å². The van der Waals surface area contributed by atoms with Crippen molar-refractivity contribution in [3.05, 3.63) is 6.33 Å². The van der Waals surface area contributed by atoms with Gasteiger partial charge in [0.05, 0.1) is 6.61 Å². The lowest BCUT2D eigenvalue weighted by Gasteiger charge is -2.10. The quantitative estimate of drug-likeness (QED) is 0.636. The molecule has 1 aromatic rings. The number of hydrogen-bond acceptors (Lipinski definition) is 5. The van der Waals surface area contributed by atoms with Gasteiger partial charge in [0.1, 0.15) is 12.0 Å². The maximum atomic E-state index is 5.94. The van der Waals surface area contributed by atoms with Crippen LogP contribution in [0.4, 0.5) is 11.5 Å². The molecule has 0 spiro atoms. The van der Waals surface area contributed by atoms with E-state index in [1.54, 1.807) is 0 Å². The van der Waals surface area contributed by atoms with Gasteiger partial charge in [0, 0.05) is 6.54 Å². The number of nitrogens with two attached hydrogens (primary N) is 1. The molecule has 0 bridgehead atoms. The summed E-state index contributed by atoms with van der Waals surface area (Å²) in [6.07, 6.45) is 9.12. The van der Waals surface area contributed by atoms with E-state index in [0.29, 0.717) is 24.0 Å². The Morgan fingerprint density at radius 1 is 1.11 bits per heavy atom. The molecule has 0 fully saturated rings. The predicted octanol–water partition coefficient (Wildman–Crippen LogP) is 3.23. The zero-order valence-corrected chi connectivity index (χ0v) is 12.1. The number of nitrogens with zero attached hydrogens (tertiary/aromatic N) is 2. The summed E-state index contributed by atoms with van der Waals surface area (Å²) in [7, 11) is 0. The molecule has 0 amide bonds. The Kier molecular flexibility index (Phi) is 7.70. The fourth-order valence-corrected chi connectivity index (χ4v) is 1.88. The van der Waals surface area contributed by atoms with Crippen LogP contribution in [-0.4, -0.2) is 23.1 Å². The molecule has 0 unspecified atom stereocenters. The third-order valence-corrected chi connectivity index (χ3v) is 2.95. The maximum absolute atomic E-state index is 5.94. The maximum Gasteiger partial charge on any atom is 0.242 e. The first-order valence-electron chi connectivity index (χ1n) is 7.26. The van der Waals surface area contributed by atoms with Crippen LogP contribution < -0.4 is 15.8 Å². The highest BCUT2D eigenvalue weighted by molar-refractivity contribution is 5.66. The number of ether oxygens (including phenoxy) is 1. The molecule has 19 heavy (non-hydrogen) atoms. The second kappa shape index (κ2) is 9.42. The first-order valence-corrected chi connectivity index (χ1v) is 7.26. The third kappa shape index (κ3) is 5.77. The Balaban J connectivity index is 2.27. The Morgan fingerprint density at radius 2 is 1.84 bits per heavy atom. The van der Waals surface area contributed by atoms with Gasteiger partial charge in [-0.05, 0) is 13.3 Å². The molecule has 0 atom stereocenters. The van der Waals surface area contributed by atoms with Crippen molar-refractivity contribution in [2.24, 2.45) is 0 Å². The van der Waals surface area contributed by atoms with Gasteiger partial charge in [-0.15, -0.1) is 0 Å². The van der Waals surface area contributed by atoms with Crippen LogP contribution in [0.1, 0.15) is 52.4 Å². The number of nitrogens with one attached hydrogen (secondary N) is 1. The lowest BCUT2D eigenvalue weighted by atomic mass is 10.1. The number of unbranched alkanes of at least 4 members (excludes halogenated alkanes) is 5. The molecule has 0 saturated carbocycles. The van der Waals surface area contributed by atoms with E-state index >= 15 is 0 Å². The van der Waals surface area contributed by atoms with Crippen molar-refractivity contribution in [1.82, 2.24) is 9.97 Å². The number of nitrogen functional groups attached to an aromatic ring is 1. The van der Waals surface area contributed by atoms with Crippen molar-refractivity contribution in [2.45, 2.75) is 52.4 Å². The Labute approximate surface area is 116 Å². The summed E-state index contributed by atoms with van der Waals surface area (Å²) in [5, 5.41) is 3.25. The molecule has 1 heterocycles. The van der Waals surface area contributed by atoms with Crippen LogP contribution in [-0.2, 0) is 0 Å². The topological polar surface area (TPSA) is 73.1 Å². The zero-order chi connectivity index (χ0) is 13.9. The van der Waals surface area contributed by atoms with E-state index in [0.717, 1.165) is 13.0 Å². The zero-order valence-electron chi connectivity index (χ0n) is 12.1. The predicted molar refractivity (Wildman–Crippen MR) is 79.5 cm³/mol. The third-order valence-electron chi connectivity index (χ3n) is 2.95. The van der Waals surface area contributed by atoms with Crippen LogP contribution in [0.3, 0.4) is 0 Å². The normalized spacial score (nSPS) is 10.4. The molecule has 0 radical (unpaired) electrons. The van der Waals surface area contributed by atoms with Gasteiger partial charge < -0.3 is 15.8 Å². The fourth-order valence-electron chi connectivity index (χ4n) is 1.88. The average Bonchev–Trinajstić information content (AvgIpc) is 2.42. The van der Waals surface area contributed by atoms with Crippen LogP contribution >= 0.6 is 0 Å². The van der Waals surface area contributed by atoms with Crippen LogP contribution in [0, 0.1) is 0 Å². The molecule has 3 N–H and O–H groups in total.